The molecule has 1 aromatic rings. The summed E-state index contributed by atoms with van der Waals surface area (Å²) in [6, 6.07) is 8.16. The number of ether oxygens (including phenoxy) is 1. The second-order valence-electron chi connectivity index (χ2n) is 13.0. The maximum atomic E-state index is 11.5. The van der Waals surface area contributed by atoms with Crippen LogP contribution >= 0.6 is 0 Å². The van der Waals surface area contributed by atoms with Crippen LogP contribution in [0.15, 0.2) is 24.3 Å². The fourth-order valence-corrected chi connectivity index (χ4v) is 6.79. The molecule has 2 aliphatic heterocycles. The molecule has 186 valence electrons. The lowest BCUT2D eigenvalue weighted by atomic mass is 9.78. The van der Waals surface area contributed by atoms with Crippen molar-refractivity contribution in [3.8, 4) is 5.75 Å². The molecule has 2 heterocycles. The largest absolute Gasteiger partial charge is 0.474 e. The van der Waals surface area contributed by atoms with E-state index in [1.807, 2.05) is 24.3 Å². The third-order valence-corrected chi connectivity index (χ3v) is 8.20. The van der Waals surface area contributed by atoms with Gasteiger partial charge in [0.25, 0.3) is 0 Å². The van der Waals surface area contributed by atoms with Crippen LogP contribution in [0.1, 0.15) is 106 Å². The molecule has 0 spiro atoms. The lowest BCUT2D eigenvalue weighted by Gasteiger charge is -2.59. The van der Waals surface area contributed by atoms with E-state index in [-0.39, 0.29) is 34.2 Å². The molecule has 3 rings (SSSR count). The number of piperidine rings is 2. The van der Waals surface area contributed by atoms with Crippen LogP contribution in [0, 0.1) is 0 Å². The Morgan fingerprint density at radius 3 is 1.73 bits per heavy atom. The van der Waals surface area contributed by atoms with Gasteiger partial charge in [0.1, 0.15) is 11.5 Å². The topological polar surface area (TPSA) is 32.8 Å². The first-order valence-corrected chi connectivity index (χ1v) is 13.0. The molecule has 0 aromatic heterocycles. The van der Waals surface area contributed by atoms with Crippen molar-refractivity contribution in [3.05, 3.63) is 29.8 Å². The van der Waals surface area contributed by atoms with Crippen LogP contribution in [0.25, 0.3) is 0 Å². The molecule has 0 saturated carbocycles. The van der Waals surface area contributed by atoms with Gasteiger partial charge >= 0.3 is 0 Å². The Kier molecular flexibility index (Phi) is 7.42. The number of ketones is 1. The molecular formula is C29H48N2O2. The van der Waals surface area contributed by atoms with E-state index in [0.717, 1.165) is 17.9 Å². The standard InChI is InChI=1S/C29H48N2O2/c1-22(32)20-23-12-14-24(15-13-23)33-25(31-28(6,7)18-11-19-29(31,8)9)21-30-26(2,3)16-10-17-27(30,4)5/h12-15,25H,10-11,16-21H2,1-9H3. The van der Waals surface area contributed by atoms with Crippen LogP contribution in [0.2, 0.25) is 0 Å². The number of carbonyl (C=O) groups is 1. The predicted molar refractivity (Wildman–Crippen MR) is 138 cm³/mol. The van der Waals surface area contributed by atoms with Crippen molar-refractivity contribution in [2.75, 3.05) is 6.54 Å². The van der Waals surface area contributed by atoms with Gasteiger partial charge < -0.3 is 4.74 Å². The zero-order valence-electron chi connectivity index (χ0n) is 22.8. The Hall–Kier alpha value is -1.39. The Bertz CT molecular complexity index is 791. The Labute approximate surface area is 203 Å². The molecule has 1 unspecified atom stereocenters. The number of benzene rings is 1. The summed E-state index contributed by atoms with van der Waals surface area (Å²) in [5.41, 5.74) is 1.44. The Morgan fingerprint density at radius 1 is 0.818 bits per heavy atom. The minimum absolute atomic E-state index is 0.0504. The zero-order valence-corrected chi connectivity index (χ0v) is 22.8. The van der Waals surface area contributed by atoms with Gasteiger partial charge in [0.2, 0.25) is 0 Å². The minimum Gasteiger partial charge on any atom is -0.474 e. The van der Waals surface area contributed by atoms with E-state index in [4.69, 9.17) is 4.74 Å². The third-order valence-electron chi connectivity index (χ3n) is 8.20. The lowest BCUT2D eigenvalue weighted by molar-refractivity contribution is -0.157. The monoisotopic (exact) mass is 456 g/mol. The number of nitrogens with zero attached hydrogens (tertiary/aromatic N) is 2. The van der Waals surface area contributed by atoms with Crippen LogP contribution in [0.3, 0.4) is 0 Å². The van der Waals surface area contributed by atoms with Crippen LogP contribution < -0.4 is 4.74 Å². The Balaban J connectivity index is 1.96. The van der Waals surface area contributed by atoms with Crippen molar-refractivity contribution in [1.82, 2.24) is 9.80 Å². The first kappa shape index (κ1) is 26.2. The highest BCUT2D eigenvalue weighted by Gasteiger charge is 2.49. The van der Waals surface area contributed by atoms with Gasteiger partial charge in [0.05, 0.1) is 6.54 Å². The van der Waals surface area contributed by atoms with Gasteiger partial charge in [-0.2, -0.15) is 0 Å². The van der Waals surface area contributed by atoms with Crippen molar-refractivity contribution in [1.29, 1.82) is 0 Å². The van der Waals surface area contributed by atoms with Gasteiger partial charge in [0, 0.05) is 28.6 Å². The summed E-state index contributed by atoms with van der Waals surface area (Å²) in [7, 11) is 0. The first-order chi connectivity index (χ1) is 15.1. The van der Waals surface area contributed by atoms with Crippen molar-refractivity contribution >= 4 is 5.78 Å². The summed E-state index contributed by atoms with van der Waals surface area (Å²) >= 11 is 0. The quantitative estimate of drug-likeness (QED) is 0.462. The van der Waals surface area contributed by atoms with E-state index in [1.54, 1.807) is 6.92 Å². The third kappa shape index (κ3) is 6.00. The maximum Gasteiger partial charge on any atom is 0.166 e. The van der Waals surface area contributed by atoms with E-state index in [1.165, 1.54) is 38.5 Å². The first-order valence-electron chi connectivity index (χ1n) is 13.0. The second kappa shape index (κ2) is 9.34. The molecule has 33 heavy (non-hydrogen) atoms. The maximum absolute atomic E-state index is 11.5. The van der Waals surface area contributed by atoms with E-state index < -0.39 is 0 Å². The molecule has 0 amide bonds. The number of Topliss-reactive ketones (excluding diaryl/α,β-unsaturated/α-hetero) is 1. The van der Waals surface area contributed by atoms with Gasteiger partial charge in [-0.3, -0.25) is 14.6 Å². The molecule has 4 heteroatoms. The molecule has 2 saturated heterocycles. The second-order valence-corrected chi connectivity index (χ2v) is 13.0. The molecule has 0 N–H and O–H groups in total. The lowest BCUT2D eigenvalue weighted by Crippen LogP contribution is -2.69. The number of likely N-dealkylation sites (tertiary alicyclic amines) is 2. The van der Waals surface area contributed by atoms with E-state index in [0.29, 0.717) is 6.42 Å². The molecule has 0 aliphatic carbocycles. The number of rotatable bonds is 7. The molecule has 2 aliphatic rings. The fraction of sp³-hybridized carbons (Fsp3) is 0.759. The fourth-order valence-electron chi connectivity index (χ4n) is 6.79. The normalized spacial score (nSPS) is 25.4. The predicted octanol–water partition coefficient (Wildman–Crippen LogP) is 6.61. The highest BCUT2D eigenvalue weighted by molar-refractivity contribution is 5.78. The highest BCUT2D eigenvalue weighted by Crippen LogP contribution is 2.43. The number of hydrogen-bond donors (Lipinski definition) is 0. The van der Waals surface area contributed by atoms with Crippen LogP contribution in [0.5, 0.6) is 5.75 Å². The Morgan fingerprint density at radius 2 is 1.27 bits per heavy atom. The van der Waals surface area contributed by atoms with Gasteiger partial charge in [0.15, 0.2) is 6.23 Å². The summed E-state index contributed by atoms with van der Waals surface area (Å²) in [5.74, 6) is 1.07. The van der Waals surface area contributed by atoms with Crippen LogP contribution in [0.4, 0.5) is 0 Å². The van der Waals surface area contributed by atoms with Gasteiger partial charge in [-0.15, -0.1) is 0 Å². The number of carbonyl (C=O) groups excluding carboxylic acids is 1. The van der Waals surface area contributed by atoms with Crippen molar-refractivity contribution in [2.24, 2.45) is 0 Å². The summed E-state index contributed by atoms with van der Waals surface area (Å²) in [6.45, 7) is 21.6. The molecule has 0 radical (unpaired) electrons. The SMILES string of the molecule is CC(=O)Cc1ccc(OC(CN2C(C)(C)CCCC2(C)C)N2C(C)(C)CCCC2(C)C)cc1. The van der Waals surface area contributed by atoms with E-state index in [2.05, 4.69) is 65.2 Å². The molecule has 4 nitrogen and oxygen atoms in total. The van der Waals surface area contributed by atoms with Gasteiger partial charge in [-0.1, -0.05) is 12.1 Å². The molecule has 1 aromatic carbocycles. The summed E-state index contributed by atoms with van der Waals surface area (Å²) < 4.78 is 6.87. The highest BCUT2D eigenvalue weighted by atomic mass is 16.5. The van der Waals surface area contributed by atoms with E-state index in [9.17, 15) is 4.79 Å². The number of hydrogen-bond acceptors (Lipinski definition) is 4. The van der Waals surface area contributed by atoms with E-state index >= 15 is 0 Å². The minimum atomic E-state index is -0.0504. The molecular weight excluding hydrogens is 408 g/mol. The summed E-state index contributed by atoms with van der Waals surface area (Å²) in [5, 5.41) is 0. The zero-order chi connectivity index (χ0) is 24.7. The van der Waals surface area contributed by atoms with Crippen molar-refractivity contribution < 1.29 is 9.53 Å². The summed E-state index contributed by atoms with van der Waals surface area (Å²) in [4.78, 5) is 16.9. The molecule has 2 fully saturated rings. The summed E-state index contributed by atoms with van der Waals surface area (Å²) in [6.07, 6.45) is 7.76. The molecule has 1 atom stereocenters. The smallest absolute Gasteiger partial charge is 0.166 e. The van der Waals surface area contributed by atoms with Crippen LogP contribution in [-0.4, -0.2) is 50.5 Å². The van der Waals surface area contributed by atoms with Crippen LogP contribution in [-0.2, 0) is 11.2 Å². The van der Waals surface area contributed by atoms with Crippen molar-refractivity contribution in [2.45, 2.75) is 136 Å². The van der Waals surface area contributed by atoms with Gasteiger partial charge in [-0.05, 0) is 119 Å². The average molecular weight is 457 g/mol. The molecule has 0 bridgehead atoms. The van der Waals surface area contributed by atoms with Crippen molar-refractivity contribution in [3.63, 3.8) is 0 Å². The average Bonchev–Trinajstić information content (AvgIpc) is 2.64. The van der Waals surface area contributed by atoms with Gasteiger partial charge in [-0.25, -0.2) is 0 Å².